The van der Waals surface area contributed by atoms with Crippen LogP contribution in [0.3, 0.4) is 0 Å². The number of nitrogens with one attached hydrogen (secondary N) is 2. The third-order valence-corrected chi connectivity index (χ3v) is 4.47. The van der Waals surface area contributed by atoms with Gasteiger partial charge in [-0.15, -0.1) is 0 Å². The second kappa shape index (κ2) is 7.18. The molecule has 7 nitrogen and oxygen atoms in total. The van der Waals surface area contributed by atoms with Gasteiger partial charge in [0, 0.05) is 18.6 Å². The van der Waals surface area contributed by atoms with Crippen LogP contribution in [0.2, 0.25) is 0 Å². The van der Waals surface area contributed by atoms with Crippen LogP contribution in [0, 0.1) is 0 Å². The minimum absolute atomic E-state index is 0.00865. The number of carbonyl (C=O) groups is 1. The van der Waals surface area contributed by atoms with E-state index >= 15 is 0 Å². The molecule has 1 aliphatic carbocycles. The summed E-state index contributed by atoms with van der Waals surface area (Å²) in [7, 11) is -3.42. The van der Waals surface area contributed by atoms with Crippen LogP contribution in [-0.2, 0) is 15.0 Å². The average Bonchev–Trinajstić information content (AvgIpc) is 2.28. The minimum Gasteiger partial charge on any atom is -0.480 e. The molecule has 1 fully saturated rings. The van der Waals surface area contributed by atoms with Gasteiger partial charge in [-0.25, -0.2) is 4.72 Å². The quantitative estimate of drug-likeness (QED) is 0.545. The highest BCUT2D eigenvalue weighted by Gasteiger charge is 2.35. The molecule has 0 heterocycles. The van der Waals surface area contributed by atoms with E-state index in [4.69, 9.17) is 5.11 Å². The van der Waals surface area contributed by atoms with Gasteiger partial charge < -0.3 is 5.11 Å². The minimum atomic E-state index is -3.42. The highest BCUT2D eigenvalue weighted by atomic mass is 32.2. The zero-order valence-electron chi connectivity index (χ0n) is 11.4. The lowest BCUT2D eigenvalue weighted by atomic mass is 9.86. The molecule has 0 saturated heterocycles. The second-order valence-electron chi connectivity index (χ2n) is 4.79. The monoisotopic (exact) mass is 293 g/mol. The zero-order chi connectivity index (χ0) is 14.5. The predicted octanol–water partition coefficient (Wildman–Crippen LogP) is -0.242. The number of carboxylic acid groups (broad SMARTS) is 1. The lowest BCUT2D eigenvalue weighted by molar-refractivity contribution is -0.139. The Morgan fingerprint density at radius 3 is 2.47 bits per heavy atom. The largest absolute Gasteiger partial charge is 0.480 e. The number of likely N-dealkylation sites (N-methyl/N-ethyl adjacent to an activating group) is 1. The van der Waals surface area contributed by atoms with Crippen molar-refractivity contribution in [2.75, 3.05) is 19.6 Å². The van der Waals surface area contributed by atoms with Gasteiger partial charge in [0.1, 0.15) is 0 Å². The molecule has 0 spiro atoms. The van der Waals surface area contributed by atoms with E-state index in [1.807, 2.05) is 18.7 Å². The second-order valence-corrected chi connectivity index (χ2v) is 6.33. The number of hydrogen-bond donors (Lipinski definition) is 3. The molecular formula is C11H23N3O4S. The molecule has 1 aliphatic rings. The van der Waals surface area contributed by atoms with Crippen LogP contribution in [0.4, 0.5) is 0 Å². The maximum Gasteiger partial charge on any atom is 0.317 e. The standard InChI is InChI=1S/C11H23N3O4S/c1-3-5-12-19(17,18)13-9-6-10(7-9)14(4-2)8-11(15)16/h9-10,12-13H,3-8H2,1-2H3,(H,15,16). The van der Waals surface area contributed by atoms with Crippen LogP contribution in [0.5, 0.6) is 0 Å². The molecule has 0 bridgehead atoms. The molecule has 0 radical (unpaired) electrons. The number of carboxylic acids is 1. The Morgan fingerprint density at radius 2 is 2.00 bits per heavy atom. The molecule has 0 aliphatic heterocycles. The molecule has 0 aromatic heterocycles. The van der Waals surface area contributed by atoms with Crippen molar-refractivity contribution in [2.24, 2.45) is 0 Å². The molecule has 0 aromatic rings. The SMILES string of the molecule is CCCNS(=O)(=O)NC1CC(N(CC)CC(=O)O)C1. The van der Waals surface area contributed by atoms with Crippen molar-refractivity contribution >= 4 is 16.2 Å². The topological polar surface area (TPSA) is 98.7 Å². The van der Waals surface area contributed by atoms with Gasteiger partial charge in [0.25, 0.3) is 10.2 Å². The average molecular weight is 293 g/mol. The Hall–Kier alpha value is -0.700. The van der Waals surface area contributed by atoms with E-state index in [0.717, 1.165) is 6.42 Å². The summed E-state index contributed by atoms with van der Waals surface area (Å²) in [5.74, 6) is -0.851. The molecule has 1 rings (SSSR count). The summed E-state index contributed by atoms with van der Waals surface area (Å²) in [6.45, 7) is 4.89. The van der Waals surface area contributed by atoms with Crippen molar-refractivity contribution in [2.45, 2.75) is 45.2 Å². The normalized spacial score (nSPS) is 23.3. The van der Waals surface area contributed by atoms with Crippen LogP contribution >= 0.6 is 0 Å². The fraction of sp³-hybridized carbons (Fsp3) is 0.909. The lowest BCUT2D eigenvalue weighted by Gasteiger charge is -2.41. The Bertz CT molecular complexity index is 393. The summed E-state index contributed by atoms with van der Waals surface area (Å²) < 4.78 is 28.2. The van der Waals surface area contributed by atoms with Gasteiger partial charge in [-0.05, 0) is 25.8 Å². The first-order valence-electron chi connectivity index (χ1n) is 6.60. The zero-order valence-corrected chi connectivity index (χ0v) is 12.2. The molecule has 0 atom stereocenters. The summed E-state index contributed by atoms with van der Waals surface area (Å²) in [5, 5.41) is 8.77. The molecule has 19 heavy (non-hydrogen) atoms. The van der Waals surface area contributed by atoms with E-state index in [1.165, 1.54) is 0 Å². The molecule has 8 heteroatoms. The third kappa shape index (κ3) is 5.43. The summed E-state index contributed by atoms with van der Waals surface area (Å²) in [5.41, 5.74) is 0. The van der Waals surface area contributed by atoms with Crippen molar-refractivity contribution in [3.05, 3.63) is 0 Å². The highest BCUT2D eigenvalue weighted by Crippen LogP contribution is 2.25. The van der Waals surface area contributed by atoms with E-state index in [-0.39, 0.29) is 18.6 Å². The molecule has 112 valence electrons. The summed E-state index contributed by atoms with van der Waals surface area (Å²) in [4.78, 5) is 12.5. The predicted molar refractivity (Wildman–Crippen MR) is 72.0 cm³/mol. The van der Waals surface area contributed by atoms with Crippen molar-refractivity contribution in [1.82, 2.24) is 14.3 Å². The van der Waals surface area contributed by atoms with E-state index < -0.39 is 16.2 Å². The van der Waals surface area contributed by atoms with Crippen molar-refractivity contribution < 1.29 is 18.3 Å². The van der Waals surface area contributed by atoms with E-state index in [2.05, 4.69) is 9.44 Å². The van der Waals surface area contributed by atoms with E-state index in [9.17, 15) is 13.2 Å². The van der Waals surface area contributed by atoms with Gasteiger partial charge in [0.05, 0.1) is 6.54 Å². The van der Waals surface area contributed by atoms with Gasteiger partial charge >= 0.3 is 5.97 Å². The number of hydrogen-bond acceptors (Lipinski definition) is 4. The molecule has 0 aromatic carbocycles. The maximum absolute atomic E-state index is 11.6. The molecule has 0 unspecified atom stereocenters. The smallest absolute Gasteiger partial charge is 0.317 e. The first kappa shape index (κ1) is 16.4. The van der Waals surface area contributed by atoms with Gasteiger partial charge in [0.2, 0.25) is 0 Å². The molecular weight excluding hydrogens is 270 g/mol. The fourth-order valence-corrected chi connectivity index (χ4v) is 3.34. The first-order chi connectivity index (χ1) is 8.88. The maximum atomic E-state index is 11.6. The van der Waals surface area contributed by atoms with Crippen molar-refractivity contribution in [3.8, 4) is 0 Å². The van der Waals surface area contributed by atoms with Gasteiger partial charge in [-0.1, -0.05) is 13.8 Å². The van der Waals surface area contributed by atoms with Crippen LogP contribution in [-0.4, -0.2) is 56.1 Å². The molecule has 0 amide bonds. The van der Waals surface area contributed by atoms with E-state index in [1.54, 1.807) is 0 Å². The van der Waals surface area contributed by atoms with Gasteiger partial charge in [-0.3, -0.25) is 9.69 Å². The molecule has 1 saturated carbocycles. The van der Waals surface area contributed by atoms with Crippen molar-refractivity contribution in [1.29, 1.82) is 0 Å². The van der Waals surface area contributed by atoms with Crippen LogP contribution in [0.1, 0.15) is 33.1 Å². The van der Waals surface area contributed by atoms with Crippen molar-refractivity contribution in [3.63, 3.8) is 0 Å². The Kier molecular flexibility index (Phi) is 6.18. The summed E-state index contributed by atoms with van der Waals surface area (Å²) in [6, 6.07) is 0.0576. The third-order valence-electron chi connectivity index (χ3n) is 3.24. The Morgan fingerprint density at radius 1 is 1.37 bits per heavy atom. The highest BCUT2D eigenvalue weighted by molar-refractivity contribution is 7.87. The van der Waals surface area contributed by atoms with Crippen LogP contribution < -0.4 is 9.44 Å². The van der Waals surface area contributed by atoms with Gasteiger partial charge in [-0.2, -0.15) is 13.1 Å². The summed E-state index contributed by atoms with van der Waals surface area (Å²) >= 11 is 0. The van der Waals surface area contributed by atoms with Crippen LogP contribution in [0.25, 0.3) is 0 Å². The Balaban J connectivity index is 2.34. The summed E-state index contributed by atoms with van der Waals surface area (Å²) in [6.07, 6.45) is 2.07. The van der Waals surface area contributed by atoms with Crippen LogP contribution in [0.15, 0.2) is 0 Å². The fourth-order valence-electron chi connectivity index (χ4n) is 2.15. The number of rotatable bonds is 9. The number of aliphatic carboxylic acids is 1. The number of nitrogens with zero attached hydrogens (tertiary/aromatic N) is 1. The molecule has 3 N–H and O–H groups in total. The van der Waals surface area contributed by atoms with E-state index in [0.29, 0.717) is 25.9 Å². The van der Waals surface area contributed by atoms with Gasteiger partial charge in [0.15, 0.2) is 0 Å². The first-order valence-corrected chi connectivity index (χ1v) is 8.09. The lowest BCUT2D eigenvalue weighted by Crippen LogP contribution is -2.56. The Labute approximate surface area is 114 Å².